The van der Waals surface area contributed by atoms with Gasteiger partial charge in [0.2, 0.25) is 5.91 Å². The second-order valence-electron chi connectivity index (χ2n) is 6.05. The molecule has 0 unspecified atom stereocenters. The van der Waals surface area contributed by atoms with E-state index in [-0.39, 0.29) is 5.91 Å². The summed E-state index contributed by atoms with van der Waals surface area (Å²) in [7, 11) is 0. The number of nitrogens with one attached hydrogen (secondary N) is 1. The molecule has 3 rings (SSSR count). The second-order valence-corrected chi connectivity index (χ2v) is 6.05. The topological polar surface area (TPSA) is 48.5 Å². The van der Waals surface area contributed by atoms with Crippen molar-refractivity contribution in [1.29, 1.82) is 0 Å². The lowest BCUT2D eigenvalue weighted by molar-refractivity contribution is -0.121. The van der Waals surface area contributed by atoms with Gasteiger partial charge in [0.15, 0.2) is 0 Å². The third kappa shape index (κ3) is 4.80. The van der Waals surface area contributed by atoms with E-state index in [1.165, 1.54) is 5.69 Å². The molecule has 2 heterocycles. The molecule has 1 aliphatic rings. The molecule has 1 N–H and O–H groups in total. The molecule has 0 spiro atoms. The van der Waals surface area contributed by atoms with Crippen molar-refractivity contribution in [3.05, 3.63) is 60.4 Å². The fourth-order valence-electron chi connectivity index (χ4n) is 2.92. The van der Waals surface area contributed by atoms with Crippen LogP contribution in [0.1, 0.15) is 12.0 Å². The maximum atomic E-state index is 12.0. The van der Waals surface area contributed by atoms with Crippen molar-refractivity contribution in [2.75, 3.05) is 37.6 Å². The van der Waals surface area contributed by atoms with E-state index < -0.39 is 0 Å². The molecule has 126 valence electrons. The summed E-state index contributed by atoms with van der Waals surface area (Å²) in [4.78, 5) is 20.8. The van der Waals surface area contributed by atoms with Gasteiger partial charge in [0.05, 0.1) is 0 Å². The molecule has 0 atom stereocenters. The highest BCUT2D eigenvalue weighted by atomic mass is 16.1. The van der Waals surface area contributed by atoms with Crippen LogP contribution in [-0.4, -0.2) is 48.5 Å². The Labute approximate surface area is 143 Å². The third-order valence-corrected chi connectivity index (χ3v) is 4.36. The average molecular weight is 324 g/mol. The van der Waals surface area contributed by atoms with Crippen LogP contribution in [0.15, 0.2) is 54.9 Å². The third-order valence-electron chi connectivity index (χ3n) is 4.36. The number of rotatable bonds is 6. The van der Waals surface area contributed by atoms with Crippen LogP contribution in [0.4, 0.5) is 5.69 Å². The van der Waals surface area contributed by atoms with E-state index in [1.807, 2.05) is 18.2 Å². The number of pyridine rings is 1. The Morgan fingerprint density at radius 1 is 1.04 bits per heavy atom. The van der Waals surface area contributed by atoms with E-state index in [4.69, 9.17) is 0 Å². The summed E-state index contributed by atoms with van der Waals surface area (Å²) < 4.78 is 0. The molecule has 5 nitrogen and oxygen atoms in total. The summed E-state index contributed by atoms with van der Waals surface area (Å²) in [6.07, 6.45) is 4.06. The van der Waals surface area contributed by atoms with Crippen LogP contribution in [0, 0.1) is 0 Å². The maximum absolute atomic E-state index is 12.0. The van der Waals surface area contributed by atoms with Crippen LogP contribution in [0.5, 0.6) is 0 Å². The first-order valence-electron chi connectivity index (χ1n) is 8.49. The number of hydrogen-bond acceptors (Lipinski definition) is 4. The Morgan fingerprint density at radius 3 is 2.54 bits per heavy atom. The largest absolute Gasteiger partial charge is 0.369 e. The van der Waals surface area contributed by atoms with Gasteiger partial charge in [-0.3, -0.25) is 14.7 Å². The number of carbonyl (C=O) groups is 1. The summed E-state index contributed by atoms with van der Waals surface area (Å²) in [6.45, 7) is 5.41. The molecule has 0 bridgehead atoms. The van der Waals surface area contributed by atoms with Crippen LogP contribution >= 0.6 is 0 Å². The van der Waals surface area contributed by atoms with Gasteiger partial charge in [-0.2, -0.15) is 0 Å². The Balaban J connectivity index is 1.35. The van der Waals surface area contributed by atoms with Crippen LogP contribution in [0.25, 0.3) is 0 Å². The van der Waals surface area contributed by atoms with E-state index >= 15 is 0 Å². The van der Waals surface area contributed by atoms with Gasteiger partial charge in [0.1, 0.15) is 0 Å². The average Bonchev–Trinajstić information content (AvgIpc) is 2.67. The van der Waals surface area contributed by atoms with Gasteiger partial charge in [-0.05, 0) is 23.8 Å². The van der Waals surface area contributed by atoms with Crippen molar-refractivity contribution in [2.24, 2.45) is 0 Å². The predicted molar refractivity (Wildman–Crippen MR) is 95.8 cm³/mol. The number of hydrogen-bond donors (Lipinski definition) is 1. The monoisotopic (exact) mass is 324 g/mol. The van der Waals surface area contributed by atoms with Crippen molar-refractivity contribution >= 4 is 11.6 Å². The molecule has 1 saturated heterocycles. The minimum Gasteiger partial charge on any atom is -0.369 e. The fraction of sp³-hybridized carbons (Fsp3) is 0.368. The molecule has 24 heavy (non-hydrogen) atoms. The van der Waals surface area contributed by atoms with E-state index in [2.05, 4.69) is 44.4 Å². The summed E-state index contributed by atoms with van der Waals surface area (Å²) in [6, 6.07) is 14.4. The lowest BCUT2D eigenvalue weighted by Gasteiger charge is -2.36. The Morgan fingerprint density at radius 2 is 1.83 bits per heavy atom. The number of nitrogens with zero attached hydrogens (tertiary/aromatic N) is 3. The zero-order valence-electron chi connectivity index (χ0n) is 13.9. The smallest absolute Gasteiger partial charge is 0.221 e. The molecule has 0 radical (unpaired) electrons. The molecule has 1 aromatic heterocycles. The predicted octanol–water partition coefficient (Wildman–Crippen LogP) is 1.91. The molecule has 1 amide bonds. The van der Waals surface area contributed by atoms with Crippen LogP contribution in [-0.2, 0) is 11.3 Å². The normalized spacial score (nSPS) is 15.2. The van der Waals surface area contributed by atoms with Crippen LogP contribution in [0.3, 0.4) is 0 Å². The number of carbonyl (C=O) groups excluding carboxylic acids is 1. The maximum Gasteiger partial charge on any atom is 0.221 e. The molecular weight excluding hydrogens is 300 g/mol. The van der Waals surface area contributed by atoms with Crippen molar-refractivity contribution in [3.8, 4) is 0 Å². The number of para-hydroxylation sites is 1. The highest BCUT2D eigenvalue weighted by Crippen LogP contribution is 2.15. The Bertz CT molecular complexity index is 624. The summed E-state index contributed by atoms with van der Waals surface area (Å²) in [5.74, 6) is 0.101. The molecule has 0 aliphatic carbocycles. The number of piperazine rings is 1. The minimum absolute atomic E-state index is 0.101. The van der Waals surface area contributed by atoms with Crippen LogP contribution in [0.2, 0.25) is 0 Å². The first kappa shape index (κ1) is 16.5. The van der Waals surface area contributed by atoms with Gasteiger partial charge >= 0.3 is 0 Å². The fourth-order valence-corrected chi connectivity index (χ4v) is 2.92. The quantitative estimate of drug-likeness (QED) is 0.882. The highest BCUT2D eigenvalue weighted by molar-refractivity contribution is 5.76. The van der Waals surface area contributed by atoms with Gasteiger partial charge in [-0.1, -0.05) is 24.3 Å². The van der Waals surface area contributed by atoms with Crippen molar-refractivity contribution < 1.29 is 4.79 Å². The Hall–Kier alpha value is -2.40. The van der Waals surface area contributed by atoms with Gasteiger partial charge in [-0.25, -0.2) is 0 Å². The number of aromatic nitrogens is 1. The zero-order valence-corrected chi connectivity index (χ0v) is 13.9. The SMILES string of the molecule is O=C(CCN1CCN(c2ccccc2)CC1)NCc1cccnc1. The second kappa shape index (κ2) is 8.45. The highest BCUT2D eigenvalue weighted by Gasteiger charge is 2.17. The summed E-state index contributed by atoms with van der Waals surface area (Å²) in [5.41, 5.74) is 2.31. The number of anilines is 1. The van der Waals surface area contributed by atoms with Crippen molar-refractivity contribution in [1.82, 2.24) is 15.2 Å². The molecular formula is C19H24N4O. The zero-order chi connectivity index (χ0) is 16.6. The van der Waals surface area contributed by atoms with E-state index in [1.54, 1.807) is 12.4 Å². The molecule has 0 saturated carbocycles. The van der Waals surface area contributed by atoms with Crippen molar-refractivity contribution in [2.45, 2.75) is 13.0 Å². The number of amides is 1. The van der Waals surface area contributed by atoms with Gasteiger partial charge in [-0.15, -0.1) is 0 Å². The van der Waals surface area contributed by atoms with Gasteiger partial charge in [0, 0.05) is 63.8 Å². The standard InChI is InChI=1S/C19H24N4O/c24-19(21-16-17-5-4-9-20-15-17)8-10-22-11-13-23(14-12-22)18-6-2-1-3-7-18/h1-7,9,15H,8,10-14,16H2,(H,21,24). The molecule has 1 aliphatic heterocycles. The van der Waals surface area contributed by atoms with Crippen molar-refractivity contribution in [3.63, 3.8) is 0 Å². The lowest BCUT2D eigenvalue weighted by Crippen LogP contribution is -2.47. The molecule has 5 heteroatoms. The van der Waals surface area contributed by atoms with E-state index in [0.29, 0.717) is 13.0 Å². The number of benzene rings is 1. The lowest BCUT2D eigenvalue weighted by atomic mass is 10.2. The van der Waals surface area contributed by atoms with E-state index in [0.717, 1.165) is 38.3 Å². The first-order valence-corrected chi connectivity index (χ1v) is 8.49. The minimum atomic E-state index is 0.101. The first-order chi connectivity index (χ1) is 11.8. The summed E-state index contributed by atoms with van der Waals surface area (Å²) in [5, 5.41) is 2.96. The summed E-state index contributed by atoms with van der Waals surface area (Å²) >= 11 is 0. The van der Waals surface area contributed by atoms with Crippen LogP contribution < -0.4 is 10.2 Å². The molecule has 2 aromatic rings. The van der Waals surface area contributed by atoms with Gasteiger partial charge in [0.25, 0.3) is 0 Å². The molecule has 1 aromatic carbocycles. The van der Waals surface area contributed by atoms with E-state index in [9.17, 15) is 4.79 Å². The molecule has 1 fully saturated rings. The Kier molecular flexibility index (Phi) is 5.80. The van der Waals surface area contributed by atoms with Gasteiger partial charge < -0.3 is 10.2 Å².